The minimum Gasteiger partial charge on any atom is -0.355 e. The maximum atomic E-state index is 12.5. The molecule has 0 unspecified atom stereocenters. The van der Waals surface area contributed by atoms with Crippen LogP contribution in [0.2, 0.25) is 0 Å². The number of piperidine rings is 1. The van der Waals surface area contributed by atoms with E-state index in [1.165, 1.54) is 8.61 Å². The van der Waals surface area contributed by atoms with Crippen LogP contribution in [-0.2, 0) is 26.3 Å². The number of nitrogens with one attached hydrogen (secondary N) is 1. The molecule has 1 aromatic carbocycles. The Labute approximate surface area is 204 Å². The summed E-state index contributed by atoms with van der Waals surface area (Å²) in [5, 5.41) is 11.0. The molecule has 0 aromatic heterocycles. The van der Waals surface area contributed by atoms with Crippen LogP contribution in [0, 0.1) is 40.6 Å². The topological polar surface area (TPSA) is 114 Å². The van der Waals surface area contributed by atoms with E-state index < -0.39 is 27.7 Å². The molecule has 0 aliphatic carbocycles. The first-order valence-corrected chi connectivity index (χ1v) is 12.8. The van der Waals surface area contributed by atoms with E-state index in [9.17, 15) is 31.2 Å². The van der Waals surface area contributed by atoms with Crippen molar-refractivity contribution in [2.45, 2.75) is 32.2 Å². The van der Waals surface area contributed by atoms with Gasteiger partial charge in [-0.3, -0.25) is 9.59 Å². The van der Waals surface area contributed by atoms with Crippen LogP contribution in [0.4, 0.5) is 13.2 Å². The van der Waals surface area contributed by atoms with E-state index in [1.54, 1.807) is 0 Å². The molecule has 194 valence electrons. The number of nitriles is 1. The highest BCUT2D eigenvalue weighted by atomic mass is 32.2. The third kappa shape index (κ3) is 6.50. The van der Waals surface area contributed by atoms with Crippen LogP contribution in [0.25, 0.3) is 0 Å². The van der Waals surface area contributed by atoms with E-state index in [4.69, 9.17) is 5.26 Å². The van der Waals surface area contributed by atoms with Gasteiger partial charge in [-0.15, -0.1) is 0 Å². The summed E-state index contributed by atoms with van der Waals surface area (Å²) in [6, 6.07) is 3.74. The van der Waals surface area contributed by atoms with Crippen molar-refractivity contribution in [2.24, 2.45) is 11.8 Å². The van der Waals surface area contributed by atoms with Gasteiger partial charge >= 0.3 is 0 Å². The van der Waals surface area contributed by atoms with Crippen LogP contribution >= 0.6 is 0 Å². The van der Waals surface area contributed by atoms with E-state index in [-0.39, 0.29) is 50.9 Å². The zero-order chi connectivity index (χ0) is 25.6. The van der Waals surface area contributed by atoms with Crippen molar-refractivity contribution in [3.63, 3.8) is 0 Å². The van der Waals surface area contributed by atoms with Crippen molar-refractivity contribution in [1.29, 1.82) is 5.26 Å². The van der Waals surface area contributed by atoms with Crippen molar-refractivity contribution >= 4 is 22.5 Å². The van der Waals surface area contributed by atoms with Crippen LogP contribution in [0.1, 0.15) is 32.7 Å². The van der Waals surface area contributed by atoms with Crippen molar-refractivity contribution < 1.29 is 32.6 Å². The Bertz CT molecular complexity index is 1050. The Balaban J connectivity index is 0.000000281. The highest BCUT2D eigenvalue weighted by Gasteiger charge is 2.42. The van der Waals surface area contributed by atoms with Gasteiger partial charge in [-0.1, -0.05) is 0 Å². The lowest BCUT2D eigenvalue weighted by Crippen LogP contribution is -2.57. The fourth-order valence-electron chi connectivity index (χ4n) is 4.29. The lowest BCUT2D eigenvalue weighted by Gasteiger charge is -2.40. The Kier molecular flexibility index (Phi) is 9.09. The third-order valence-electron chi connectivity index (χ3n) is 6.27. The lowest BCUT2D eigenvalue weighted by atomic mass is 9.98. The normalized spacial score (nSPS) is 21.4. The molecule has 1 N–H and O–H groups in total. The second-order valence-corrected chi connectivity index (χ2v) is 10.7. The monoisotopic (exact) mass is 517 g/mol. The first-order chi connectivity index (χ1) is 16.7. The summed E-state index contributed by atoms with van der Waals surface area (Å²) < 4.78 is 65.3. The number of rotatable bonds is 6. The molecule has 1 aromatic rings. The number of likely N-dealkylation sites (tertiary alicyclic amines) is 1. The fourth-order valence-corrected chi connectivity index (χ4v) is 6.08. The number of carbonyl (C=O) groups excluding carboxylic acids is 2. The molecule has 0 spiro atoms. The van der Waals surface area contributed by atoms with Crippen molar-refractivity contribution in [3.8, 4) is 6.07 Å². The predicted molar refractivity (Wildman–Crippen MR) is 121 cm³/mol. The molecule has 3 aliphatic heterocycles. The maximum absolute atomic E-state index is 12.5. The minimum atomic E-state index is -3.51. The van der Waals surface area contributed by atoms with E-state index in [2.05, 4.69) is 11.4 Å². The Morgan fingerprint density at radius 3 is 2.29 bits per heavy atom. The molecule has 0 bridgehead atoms. The molecule has 3 fully saturated rings. The number of amides is 2. The first-order valence-electron chi connectivity index (χ1n) is 11.4. The molecule has 35 heavy (non-hydrogen) atoms. The zero-order valence-electron chi connectivity index (χ0n) is 19.1. The van der Waals surface area contributed by atoms with Gasteiger partial charge in [0.1, 0.15) is 0 Å². The van der Waals surface area contributed by atoms with E-state index in [1.807, 2.05) is 4.90 Å². The maximum Gasteiger partial charge on any atom is 0.282 e. The highest BCUT2D eigenvalue weighted by Crippen LogP contribution is 2.27. The quantitative estimate of drug-likeness (QED) is 0.455. The molecular weight excluding hydrogens is 487 g/mol. The molecule has 13 heteroatoms. The molecule has 3 saturated heterocycles. The molecule has 3 heterocycles. The second-order valence-electron chi connectivity index (χ2n) is 8.75. The summed E-state index contributed by atoms with van der Waals surface area (Å²) in [6.07, 6.45) is 3.97. The number of halogens is 3. The standard InChI is InChI=1S/C14H22N4O3S.C8H6F3NO.H2/c15-8-12-9-18(10-12)22(20,21)17-7-3-4-13(11-17)14(19)16-5-1-2-6-16;9-6-1-5(3-12-4-13)2-7(10)8(6)11;/h12-13H,1-7,9-11H2;1-2,4H,3H2,(H,12,13);1H/t13-;;/m0../s1. The van der Waals surface area contributed by atoms with Crippen LogP contribution in [0.15, 0.2) is 12.1 Å². The van der Waals surface area contributed by atoms with Gasteiger partial charge in [-0.2, -0.15) is 22.3 Å². The molecule has 9 nitrogen and oxygen atoms in total. The van der Waals surface area contributed by atoms with Crippen molar-refractivity contribution in [2.75, 3.05) is 39.3 Å². The number of hydrogen-bond acceptors (Lipinski definition) is 5. The van der Waals surface area contributed by atoms with Gasteiger partial charge in [-0.25, -0.2) is 13.2 Å². The van der Waals surface area contributed by atoms with Gasteiger partial charge in [0.25, 0.3) is 10.2 Å². The molecule has 0 saturated carbocycles. The van der Waals surface area contributed by atoms with Crippen LogP contribution in [0.5, 0.6) is 0 Å². The summed E-state index contributed by atoms with van der Waals surface area (Å²) in [6.45, 7) is 2.89. The SMILES string of the molecule is N#CC1CN(S(=O)(=O)N2CCC[C@H](C(=O)N3CCCC3)C2)C1.O=CNCc1cc(F)c(F)c(F)c1.[HH]. The third-order valence-corrected chi connectivity index (χ3v) is 8.20. The van der Waals surface area contributed by atoms with Crippen LogP contribution in [0.3, 0.4) is 0 Å². The van der Waals surface area contributed by atoms with Gasteiger partial charge in [0.05, 0.1) is 17.9 Å². The molecular formula is C22H30F3N5O4S. The average molecular weight is 518 g/mol. The molecule has 0 radical (unpaired) electrons. The van der Waals surface area contributed by atoms with E-state index in [0.29, 0.717) is 13.0 Å². The van der Waals surface area contributed by atoms with E-state index in [0.717, 1.165) is 50.9 Å². The second kappa shape index (κ2) is 11.8. The summed E-state index contributed by atoms with van der Waals surface area (Å²) >= 11 is 0. The highest BCUT2D eigenvalue weighted by molar-refractivity contribution is 7.86. The number of hydrogen-bond donors (Lipinski definition) is 1. The molecule has 4 rings (SSSR count). The van der Waals surface area contributed by atoms with Crippen LogP contribution < -0.4 is 5.32 Å². The van der Waals surface area contributed by atoms with E-state index >= 15 is 0 Å². The Morgan fingerprint density at radius 2 is 1.71 bits per heavy atom. The predicted octanol–water partition coefficient (Wildman–Crippen LogP) is 1.62. The fraction of sp³-hybridized carbons (Fsp3) is 0.591. The Hall–Kier alpha value is -2.69. The van der Waals surface area contributed by atoms with Gasteiger partial charge in [-0.05, 0) is 43.4 Å². The number of benzene rings is 1. The summed E-state index contributed by atoms with van der Waals surface area (Å²) in [4.78, 5) is 24.2. The van der Waals surface area contributed by atoms with Crippen molar-refractivity contribution in [3.05, 3.63) is 35.1 Å². The minimum absolute atomic E-state index is 0. The van der Waals surface area contributed by atoms with Gasteiger partial charge in [0.2, 0.25) is 12.3 Å². The zero-order valence-corrected chi connectivity index (χ0v) is 19.9. The smallest absolute Gasteiger partial charge is 0.282 e. The van der Waals surface area contributed by atoms with Crippen molar-refractivity contribution in [1.82, 2.24) is 18.8 Å². The summed E-state index contributed by atoms with van der Waals surface area (Å²) in [5.74, 6) is -4.33. The summed E-state index contributed by atoms with van der Waals surface area (Å²) in [5.41, 5.74) is 0.170. The lowest BCUT2D eigenvalue weighted by molar-refractivity contribution is -0.135. The molecule has 2 amide bonds. The van der Waals surface area contributed by atoms with Gasteiger partial charge in [0.15, 0.2) is 17.5 Å². The largest absolute Gasteiger partial charge is 0.355 e. The van der Waals surface area contributed by atoms with Gasteiger partial charge in [0, 0.05) is 47.2 Å². The summed E-state index contributed by atoms with van der Waals surface area (Å²) in [7, 11) is -3.51. The van der Waals surface area contributed by atoms with Crippen LogP contribution in [-0.4, -0.2) is 73.5 Å². The molecule has 3 aliphatic rings. The van der Waals surface area contributed by atoms with Gasteiger partial charge < -0.3 is 10.2 Å². The first kappa shape index (κ1) is 26.9. The Morgan fingerprint density at radius 1 is 1.09 bits per heavy atom. The molecule has 1 atom stereocenters. The number of carbonyl (C=O) groups is 2. The average Bonchev–Trinajstić information content (AvgIpc) is 3.35. The number of nitrogens with zero attached hydrogens (tertiary/aromatic N) is 4.